The number of esters is 1. The van der Waals surface area contributed by atoms with Crippen LogP contribution >= 0.6 is 35.2 Å². The highest BCUT2D eigenvalue weighted by Crippen LogP contribution is 2.35. The number of hydrogen-bond acceptors (Lipinski definition) is 7. The third-order valence-electron chi connectivity index (χ3n) is 4.42. The summed E-state index contributed by atoms with van der Waals surface area (Å²) in [5.41, 5.74) is 0.891. The molecular formula is C19H21ClN4O5S2. The molecule has 1 amide bonds. The first-order valence-electron chi connectivity index (χ1n) is 9.17. The molecule has 0 spiro atoms. The summed E-state index contributed by atoms with van der Waals surface area (Å²) in [6.45, 7) is 6.48. The minimum Gasteiger partial charge on any atom is -0.465 e. The number of thiophene rings is 1. The van der Waals surface area contributed by atoms with Crippen molar-refractivity contribution in [3.8, 4) is 0 Å². The molecule has 1 heterocycles. The van der Waals surface area contributed by atoms with Gasteiger partial charge in [0.2, 0.25) is 0 Å². The molecule has 0 aliphatic carbocycles. The molecular weight excluding hydrogens is 464 g/mol. The van der Waals surface area contributed by atoms with Gasteiger partial charge in [-0.3, -0.25) is 14.9 Å². The second-order valence-corrected chi connectivity index (χ2v) is 8.07. The fourth-order valence-electron chi connectivity index (χ4n) is 2.78. The van der Waals surface area contributed by atoms with E-state index in [2.05, 4.69) is 10.6 Å². The Bertz CT molecular complexity index is 1040. The van der Waals surface area contributed by atoms with Crippen molar-refractivity contribution in [2.24, 2.45) is 0 Å². The second kappa shape index (κ2) is 10.5. The second-order valence-electron chi connectivity index (χ2n) is 6.23. The van der Waals surface area contributed by atoms with Crippen LogP contribution in [0.5, 0.6) is 0 Å². The van der Waals surface area contributed by atoms with E-state index in [1.54, 1.807) is 11.8 Å². The van der Waals surface area contributed by atoms with E-state index in [0.717, 1.165) is 11.3 Å². The van der Waals surface area contributed by atoms with Crippen LogP contribution in [0.15, 0.2) is 18.2 Å². The van der Waals surface area contributed by atoms with E-state index in [1.807, 2.05) is 13.8 Å². The number of nitro benzene ring substituents is 1. The van der Waals surface area contributed by atoms with Crippen LogP contribution in [-0.4, -0.2) is 47.0 Å². The molecule has 1 aromatic heterocycles. The van der Waals surface area contributed by atoms with Gasteiger partial charge in [0.25, 0.3) is 11.6 Å². The van der Waals surface area contributed by atoms with Crippen molar-refractivity contribution in [2.75, 3.05) is 30.8 Å². The summed E-state index contributed by atoms with van der Waals surface area (Å²) in [5.74, 6) is -0.797. The van der Waals surface area contributed by atoms with Crippen molar-refractivity contribution >= 4 is 68.5 Å². The maximum absolute atomic E-state index is 12.8. The van der Waals surface area contributed by atoms with Gasteiger partial charge in [0.1, 0.15) is 5.00 Å². The summed E-state index contributed by atoms with van der Waals surface area (Å²) in [5, 5.41) is 17.1. The number of methoxy groups -OCH3 is 1. The summed E-state index contributed by atoms with van der Waals surface area (Å²) in [6, 6.07) is 3.90. The van der Waals surface area contributed by atoms with Gasteiger partial charge in [0, 0.05) is 25.2 Å². The Morgan fingerprint density at radius 1 is 1.29 bits per heavy atom. The number of nitrogens with zero attached hydrogens (tertiary/aromatic N) is 2. The summed E-state index contributed by atoms with van der Waals surface area (Å²) in [7, 11) is 1.25. The Morgan fingerprint density at radius 2 is 1.94 bits per heavy atom. The van der Waals surface area contributed by atoms with Crippen LogP contribution in [0.2, 0.25) is 5.02 Å². The molecule has 0 aliphatic heterocycles. The highest BCUT2D eigenvalue weighted by molar-refractivity contribution is 7.80. The number of halogens is 1. The zero-order chi connectivity index (χ0) is 23.3. The third-order valence-corrected chi connectivity index (χ3v) is 6.13. The first kappa shape index (κ1) is 24.5. The fraction of sp³-hybridized carbons (Fsp3) is 0.316. The van der Waals surface area contributed by atoms with Crippen LogP contribution in [0.1, 0.15) is 39.4 Å². The number of nitro groups is 1. The van der Waals surface area contributed by atoms with Crippen molar-refractivity contribution in [3.63, 3.8) is 0 Å². The number of carbonyl (C=O) groups excluding carboxylic acids is 2. The fourth-order valence-corrected chi connectivity index (χ4v) is 4.45. The van der Waals surface area contributed by atoms with Crippen LogP contribution in [0.3, 0.4) is 0 Å². The molecule has 0 aliphatic rings. The molecule has 0 saturated carbocycles. The normalized spacial score (nSPS) is 10.4. The number of hydrogen-bond donors (Lipinski definition) is 2. The van der Waals surface area contributed by atoms with Gasteiger partial charge in [-0.25, -0.2) is 4.79 Å². The molecule has 0 saturated heterocycles. The van der Waals surface area contributed by atoms with Gasteiger partial charge in [0.15, 0.2) is 5.11 Å². The van der Waals surface area contributed by atoms with Gasteiger partial charge < -0.3 is 20.3 Å². The lowest BCUT2D eigenvalue weighted by Gasteiger charge is -2.18. The van der Waals surface area contributed by atoms with Crippen molar-refractivity contribution < 1.29 is 19.2 Å². The quantitative estimate of drug-likeness (QED) is 0.251. The summed E-state index contributed by atoms with van der Waals surface area (Å²) >= 11 is 12.5. The Labute approximate surface area is 193 Å². The van der Waals surface area contributed by atoms with Crippen molar-refractivity contribution in [1.29, 1.82) is 0 Å². The average molecular weight is 485 g/mol. The Balaban J connectivity index is 2.34. The minimum atomic E-state index is -0.606. The van der Waals surface area contributed by atoms with Crippen molar-refractivity contribution in [2.45, 2.75) is 20.8 Å². The molecule has 31 heavy (non-hydrogen) atoms. The maximum Gasteiger partial charge on any atom is 0.341 e. The van der Waals surface area contributed by atoms with Gasteiger partial charge in [-0.2, -0.15) is 0 Å². The molecule has 12 heteroatoms. The largest absolute Gasteiger partial charge is 0.465 e. The molecule has 0 fully saturated rings. The third kappa shape index (κ3) is 5.49. The SMILES string of the molecule is CCN(CC)C(=O)c1sc(NC(=S)Nc2ccc([N+](=O)[O-])cc2Cl)c(C(=O)OC)c1C. The van der Waals surface area contributed by atoms with E-state index in [4.69, 9.17) is 28.6 Å². The van der Waals surface area contributed by atoms with E-state index in [-0.39, 0.29) is 27.3 Å². The summed E-state index contributed by atoms with van der Waals surface area (Å²) in [6.07, 6.45) is 0. The molecule has 0 atom stereocenters. The number of anilines is 2. The molecule has 0 radical (unpaired) electrons. The lowest BCUT2D eigenvalue weighted by molar-refractivity contribution is -0.384. The lowest BCUT2D eigenvalue weighted by Crippen LogP contribution is -2.30. The monoisotopic (exact) mass is 484 g/mol. The molecule has 0 unspecified atom stereocenters. The van der Waals surface area contributed by atoms with Gasteiger partial charge in [-0.05, 0) is 44.6 Å². The van der Waals surface area contributed by atoms with E-state index >= 15 is 0 Å². The highest BCUT2D eigenvalue weighted by atomic mass is 35.5. The van der Waals surface area contributed by atoms with Gasteiger partial charge in [-0.15, -0.1) is 11.3 Å². The summed E-state index contributed by atoms with van der Waals surface area (Å²) < 4.78 is 4.87. The number of nitrogens with one attached hydrogen (secondary N) is 2. The van der Waals surface area contributed by atoms with Crippen molar-refractivity contribution in [3.05, 3.63) is 49.3 Å². The molecule has 2 aromatic rings. The first-order chi connectivity index (χ1) is 14.6. The van der Waals surface area contributed by atoms with Crippen LogP contribution in [0, 0.1) is 17.0 Å². The topological polar surface area (TPSA) is 114 Å². The van der Waals surface area contributed by atoms with E-state index < -0.39 is 10.9 Å². The van der Waals surface area contributed by atoms with Crippen LogP contribution in [0.25, 0.3) is 0 Å². The van der Waals surface area contributed by atoms with E-state index in [1.165, 1.54) is 25.3 Å². The number of benzene rings is 1. The molecule has 166 valence electrons. The first-order valence-corrected chi connectivity index (χ1v) is 10.8. The molecule has 2 rings (SSSR count). The Morgan fingerprint density at radius 3 is 2.45 bits per heavy atom. The highest BCUT2D eigenvalue weighted by Gasteiger charge is 2.27. The molecule has 2 N–H and O–H groups in total. The molecule has 9 nitrogen and oxygen atoms in total. The van der Waals surface area contributed by atoms with Crippen LogP contribution in [-0.2, 0) is 4.74 Å². The van der Waals surface area contributed by atoms with Gasteiger partial charge >= 0.3 is 5.97 Å². The number of amides is 1. The zero-order valence-corrected chi connectivity index (χ0v) is 19.7. The smallest absolute Gasteiger partial charge is 0.341 e. The number of ether oxygens (including phenoxy) is 1. The number of non-ortho nitro benzene ring substituents is 1. The zero-order valence-electron chi connectivity index (χ0n) is 17.3. The standard InChI is InChI=1S/C19H21ClN4O5S2/c1-5-23(6-2)17(25)15-10(3)14(18(26)29-4)16(31-15)22-19(30)21-13-8-7-11(24(27)28)9-12(13)20/h7-9H,5-6H2,1-4H3,(H2,21,22,30). The van der Waals surface area contributed by atoms with E-state index in [0.29, 0.717) is 34.2 Å². The number of carbonyl (C=O) groups is 2. The van der Waals surface area contributed by atoms with Crippen LogP contribution < -0.4 is 10.6 Å². The van der Waals surface area contributed by atoms with Crippen molar-refractivity contribution in [1.82, 2.24) is 4.90 Å². The molecule has 0 bridgehead atoms. The average Bonchev–Trinajstić information content (AvgIpc) is 3.05. The maximum atomic E-state index is 12.8. The Kier molecular flexibility index (Phi) is 8.31. The minimum absolute atomic E-state index is 0.0870. The molecule has 1 aromatic carbocycles. The Hall–Kier alpha value is -2.76. The lowest BCUT2D eigenvalue weighted by atomic mass is 10.1. The van der Waals surface area contributed by atoms with E-state index in [9.17, 15) is 19.7 Å². The predicted molar refractivity (Wildman–Crippen MR) is 126 cm³/mol. The number of thiocarbonyl (C=S) groups is 1. The van der Waals surface area contributed by atoms with Gasteiger partial charge in [0.05, 0.1) is 33.2 Å². The van der Waals surface area contributed by atoms with Gasteiger partial charge in [-0.1, -0.05) is 11.6 Å². The summed E-state index contributed by atoms with van der Waals surface area (Å²) in [4.78, 5) is 37.6. The number of rotatable bonds is 7. The van der Waals surface area contributed by atoms with Crippen LogP contribution in [0.4, 0.5) is 16.4 Å². The predicted octanol–water partition coefficient (Wildman–Crippen LogP) is 4.70.